The Bertz CT molecular complexity index is 405. The summed E-state index contributed by atoms with van der Waals surface area (Å²) in [6.07, 6.45) is 2.28. The predicted octanol–water partition coefficient (Wildman–Crippen LogP) is 2.45. The molecule has 2 nitrogen and oxygen atoms in total. The SMILES string of the molecule is Cc1ccc2c(c1)COC21CCN(C)CC1. The highest BCUT2D eigenvalue weighted by Gasteiger charge is 2.41. The second kappa shape index (κ2) is 3.57. The van der Waals surface area contributed by atoms with E-state index in [1.54, 1.807) is 0 Å². The molecule has 1 aromatic rings. The molecule has 0 aromatic heterocycles. The van der Waals surface area contributed by atoms with Crippen LogP contribution < -0.4 is 0 Å². The Morgan fingerprint density at radius 1 is 1.25 bits per heavy atom. The van der Waals surface area contributed by atoms with Gasteiger partial charge >= 0.3 is 0 Å². The summed E-state index contributed by atoms with van der Waals surface area (Å²) in [5.41, 5.74) is 4.23. The van der Waals surface area contributed by atoms with Crippen LogP contribution in [0.15, 0.2) is 18.2 Å². The van der Waals surface area contributed by atoms with Crippen molar-refractivity contribution in [2.75, 3.05) is 20.1 Å². The molecule has 16 heavy (non-hydrogen) atoms. The van der Waals surface area contributed by atoms with E-state index in [0.29, 0.717) is 0 Å². The first-order valence-corrected chi connectivity index (χ1v) is 6.12. The van der Waals surface area contributed by atoms with Gasteiger partial charge in [-0.05, 0) is 37.9 Å². The van der Waals surface area contributed by atoms with E-state index in [1.165, 1.54) is 16.7 Å². The molecule has 1 aromatic carbocycles. The Hall–Kier alpha value is -0.860. The standard InChI is InChI=1S/C14H19NO/c1-11-3-4-13-12(9-11)10-16-14(13)5-7-15(2)8-6-14/h3-4,9H,5-8,10H2,1-2H3. The summed E-state index contributed by atoms with van der Waals surface area (Å²) < 4.78 is 6.13. The van der Waals surface area contributed by atoms with Gasteiger partial charge in [0.2, 0.25) is 0 Å². The molecular weight excluding hydrogens is 198 g/mol. The Labute approximate surface area is 97.2 Å². The third kappa shape index (κ3) is 1.48. The van der Waals surface area contributed by atoms with Crippen LogP contribution in [0.1, 0.15) is 29.5 Å². The zero-order valence-corrected chi connectivity index (χ0v) is 10.1. The van der Waals surface area contributed by atoms with Crippen molar-refractivity contribution in [3.63, 3.8) is 0 Å². The van der Waals surface area contributed by atoms with E-state index in [1.807, 2.05) is 0 Å². The number of hydrogen-bond acceptors (Lipinski definition) is 2. The van der Waals surface area contributed by atoms with Crippen LogP contribution >= 0.6 is 0 Å². The number of hydrogen-bond donors (Lipinski definition) is 0. The maximum Gasteiger partial charge on any atom is 0.0963 e. The van der Waals surface area contributed by atoms with E-state index >= 15 is 0 Å². The van der Waals surface area contributed by atoms with E-state index in [4.69, 9.17) is 4.74 Å². The van der Waals surface area contributed by atoms with Gasteiger partial charge in [-0.15, -0.1) is 0 Å². The average molecular weight is 217 g/mol. The van der Waals surface area contributed by atoms with Gasteiger partial charge in [0.25, 0.3) is 0 Å². The number of ether oxygens (including phenoxy) is 1. The lowest BCUT2D eigenvalue weighted by atomic mass is 9.83. The highest BCUT2D eigenvalue weighted by atomic mass is 16.5. The van der Waals surface area contributed by atoms with E-state index in [9.17, 15) is 0 Å². The molecule has 2 heterocycles. The summed E-state index contributed by atoms with van der Waals surface area (Å²) in [6.45, 7) is 5.25. The van der Waals surface area contributed by atoms with Crippen molar-refractivity contribution >= 4 is 0 Å². The largest absolute Gasteiger partial charge is 0.365 e. The van der Waals surface area contributed by atoms with Crippen molar-refractivity contribution < 1.29 is 4.74 Å². The maximum absolute atomic E-state index is 6.13. The first kappa shape index (κ1) is 10.3. The molecule has 2 aliphatic heterocycles. The summed E-state index contributed by atoms with van der Waals surface area (Å²) in [5.74, 6) is 0. The van der Waals surface area contributed by atoms with Crippen LogP contribution in [-0.2, 0) is 16.9 Å². The summed E-state index contributed by atoms with van der Waals surface area (Å²) in [7, 11) is 2.19. The first-order valence-electron chi connectivity index (χ1n) is 6.12. The van der Waals surface area contributed by atoms with Crippen LogP contribution in [-0.4, -0.2) is 25.0 Å². The lowest BCUT2D eigenvalue weighted by Gasteiger charge is -2.37. The Morgan fingerprint density at radius 2 is 2.00 bits per heavy atom. The third-order valence-electron chi connectivity index (χ3n) is 4.05. The molecular formula is C14H19NO. The molecule has 3 rings (SSSR count). The minimum atomic E-state index is 0.0372. The second-order valence-corrected chi connectivity index (χ2v) is 5.25. The number of fused-ring (bicyclic) bond motifs is 2. The van der Waals surface area contributed by atoms with Crippen LogP contribution in [0.3, 0.4) is 0 Å². The van der Waals surface area contributed by atoms with Gasteiger partial charge in [-0.2, -0.15) is 0 Å². The molecule has 1 spiro atoms. The topological polar surface area (TPSA) is 12.5 Å². The number of benzene rings is 1. The van der Waals surface area contributed by atoms with Crippen molar-refractivity contribution in [2.45, 2.75) is 32.0 Å². The molecule has 0 saturated carbocycles. The fourth-order valence-corrected chi connectivity index (χ4v) is 2.97. The Balaban J connectivity index is 1.96. The van der Waals surface area contributed by atoms with Crippen molar-refractivity contribution in [3.8, 4) is 0 Å². The van der Waals surface area contributed by atoms with Gasteiger partial charge in [-0.1, -0.05) is 23.8 Å². The summed E-state index contributed by atoms with van der Waals surface area (Å²) in [6, 6.07) is 6.78. The van der Waals surface area contributed by atoms with Crippen molar-refractivity contribution in [1.82, 2.24) is 4.90 Å². The zero-order chi connectivity index (χ0) is 11.2. The third-order valence-corrected chi connectivity index (χ3v) is 4.05. The van der Waals surface area contributed by atoms with Crippen LogP contribution in [0.4, 0.5) is 0 Å². The van der Waals surface area contributed by atoms with E-state index < -0.39 is 0 Å². The number of rotatable bonds is 0. The number of piperidine rings is 1. The molecule has 0 bridgehead atoms. The summed E-state index contributed by atoms with van der Waals surface area (Å²) in [5, 5.41) is 0. The molecule has 1 saturated heterocycles. The van der Waals surface area contributed by atoms with Crippen molar-refractivity contribution in [1.29, 1.82) is 0 Å². The molecule has 0 radical (unpaired) electrons. The van der Waals surface area contributed by atoms with Crippen LogP contribution in [0.25, 0.3) is 0 Å². The first-order chi connectivity index (χ1) is 7.70. The molecule has 2 heteroatoms. The summed E-state index contributed by atoms with van der Waals surface area (Å²) >= 11 is 0. The monoisotopic (exact) mass is 217 g/mol. The van der Waals surface area contributed by atoms with Gasteiger partial charge in [0, 0.05) is 13.1 Å². The number of aryl methyl sites for hydroxylation is 1. The fourth-order valence-electron chi connectivity index (χ4n) is 2.97. The minimum absolute atomic E-state index is 0.0372. The molecule has 86 valence electrons. The number of likely N-dealkylation sites (tertiary alicyclic amines) is 1. The highest BCUT2D eigenvalue weighted by Crippen LogP contribution is 2.43. The van der Waals surface area contributed by atoms with Gasteiger partial charge in [0.15, 0.2) is 0 Å². The predicted molar refractivity (Wildman–Crippen MR) is 64.4 cm³/mol. The smallest absolute Gasteiger partial charge is 0.0963 e. The van der Waals surface area contributed by atoms with Crippen molar-refractivity contribution in [2.24, 2.45) is 0 Å². The van der Waals surface area contributed by atoms with Gasteiger partial charge in [0.05, 0.1) is 12.2 Å². The quantitative estimate of drug-likeness (QED) is 0.662. The highest BCUT2D eigenvalue weighted by molar-refractivity contribution is 5.38. The minimum Gasteiger partial charge on any atom is -0.365 e. The van der Waals surface area contributed by atoms with Crippen LogP contribution in [0.5, 0.6) is 0 Å². The Kier molecular flexibility index (Phi) is 2.30. The fraction of sp³-hybridized carbons (Fsp3) is 0.571. The zero-order valence-electron chi connectivity index (χ0n) is 10.1. The lowest BCUT2D eigenvalue weighted by molar-refractivity contribution is -0.0755. The van der Waals surface area contributed by atoms with Gasteiger partial charge in [-0.3, -0.25) is 0 Å². The number of nitrogens with zero attached hydrogens (tertiary/aromatic N) is 1. The Morgan fingerprint density at radius 3 is 2.75 bits per heavy atom. The second-order valence-electron chi connectivity index (χ2n) is 5.25. The average Bonchev–Trinajstić information content (AvgIpc) is 2.62. The molecule has 0 N–H and O–H groups in total. The van der Waals surface area contributed by atoms with E-state index in [-0.39, 0.29) is 5.60 Å². The van der Waals surface area contributed by atoms with Crippen molar-refractivity contribution in [3.05, 3.63) is 34.9 Å². The van der Waals surface area contributed by atoms with Gasteiger partial charge in [0.1, 0.15) is 0 Å². The van der Waals surface area contributed by atoms with Gasteiger partial charge < -0.3 is 9.64 Å². The molecule has 0 atom stereocenters. The molecule has 0 aliphatic carbocycles. The van der Waals surface area contributed by atoms with E-state index in [2.05, 4.69) is 37.1 Å². The van der Waals surface area contributed by atoms with Crippen LogP contribution in [0, 0.1) is 6.92 Å². The maximum atomic E-state index is 6.13. The van der Waals surface area contributed by atoms with Gasteiger partial charge in [-0.25, -0.2) is 0 Å². The van der Waals surface area contributed by atoms with E-state index in [0.717, 1.165) is 32.5 Å². The molecule has 0 unspecified atom stereocenters. The molecule has 1 fully saturated rings. The summed E-state index contributed by atoms with van der Waals surface area (Å²) in [4.78, 5) is 2.39. The molecule has 2 aliphatic rings. The van der Waals surface area contributed by atoms with Crippen LogP contribution in [0.2, 0.25) is 0 Å². The normalized spacial score (nSPS) is 23.6. The lowest BCUT2D eigenvalue weighted by Crippen LogP contribution is -2.40. The molecule has 0 amide bonds.